The number of hydrogen-bond acceptors (Lipinski definition) is 3. The van der Waals surface area contributed by atoms with Crippen LogP contribution < -0.4 is 4.74 Å². The van der Waals surface area contributed by atoms with Crippen molar-refractivity contribution >= 4 is 28.1 Å². The number of rotatable bonds is 2. The van der Waals surface area contributed by atoms with Crippen molar-refractivity contribution in [3.63, 3.8) is 0 Å². The van der Waals surface area contributed by atoms with Gasteiger partial charge in [-0.2, -0.15) is 0 Å². The van der Waals surface area contributed by atoms with E-state index in [1.165, 1.54) is 0 Å². The summed E-state index contributed by atoms with van der Waals surface area (Å²) in [6, 6.07) is 7.57. The highest BCUT2D eigenvalue weighted by molar-refractivity contribution is 9.10. The van der Waals surface area contributed by atoms with Crippen LogP contribution in [0.2, 0.25) is 0 Å². The maximum Gasteiger partial charge on any atom is 0.203 e. The highest BCUT2D eigenvalue weighted by atomic mass is 79.9. The standard InChI is InChI=1S/C9H8BrN3OS/c1-14-7-4-2-6(3-5-7)13-8(10)11-12-9(13)15/h2-5H,1H3,(H,12,15). The van der Waals surface area contributed by atoms with Crippen LogP contribution in [0.1, 0.15) is 0 Å². The second kappa shape index (κ2) is 4.16. The molecular formula is C9H8BrN3OS. The number of aromatic nitrogens is 3. The molecule has 6 heteroatoms. The minimum atomic E-state index is 0.548. The molecule has 1 heterocycles. The van der Waals surface area contributed by atoms with Crippen molar-refractivity contribution in [3.05, 3.63) is 33.8 Å². The van der Waals surface area contributed by atoms with Crippen molar-refractivity contribution in [2.45, 2.75) is 0 Å². The summed E-state index contributed by atoms with van der Waals surface area (Å²) in [5, 5.41) is 6.67. The van der Waals surface area contributed by atoms with E-state index < -0.39 is 0 Å². The molecule has 1 aromatic carbocycles. The first kappa shape index (κ1) is 10.4. The average molecular weight is 286 g/mol. The minimum absolute atomic E-state index is 0.548. The van der Waals surface area contributed by atoms with E-state index in [9.17, 15) is 0 Å². The Balaban J connectivity index is 2.50. The fourth-order valence-electron chi connectivity index (χ4n) is 1.23. The lowest BCUT2D eigenvalue weighted by atomic mass is 10.3. The zero-order chi connectivity index (χ0) is 10.8. The molecule has 0 amide bonds. The van der Waals surface area contributed by atoms with E-state index in [1.807, 2.05) is 24.3 Å². The maximum atomic E-state index is 5.10. The Labute approximate surface area is 100 Å². The van der Waals surface area contributed by atoms with Gasteiger partial charge < -0.3 is 4.74 Å². The number of methoxy groups -OCH3 is 1. The monoisotopic (exact) mass is 285 g/mol. The molecule has 15 heavy (non-hydrogen) atoms. The zero-order valence-electron chi connectivity index (χ0n) is 7.90. The van der Waals surface area contributed by atoms with Gasteiger partial charge in [-0.1, -0.05) is 0 Å². The molecule has 1 aromatic heterocycles. The molecule has 0 aliphatic heterocycles. The number of aromatic amines is 1. The second-order valence-corrected chi connectivity index (χ2v) is 3.93. The van der Waals surface area contributed by atoms with Crippen LogP contribution in [0.15, 0.2) is 29.0 Å². The first-order chi connectivity index (χ1) is 7.22. The Morgan fingerprint density at radius 2 is 2.07 bits per heavy atom. The van der Waals surface area contributed by atoms with Crippen molar-refractivity contribution < 1.29 is 4.74 Å². The Morgan fingerprint density at radius 3 is 2.53 bits per heavy atom. The molecule has 0 aliphatic carbocycles. The minimum Gasteiger partial charge on any atom is -0.497 e. The molecule has 0 spiro atoms. The van der Waals surface area contributed by atoms with E-state index in [0.29, 0.717) is 9.50 Å². The van der Waals surface area contributed by atoms with E-state index in [2.05, 4.69) is 26.1 Å². The zero-order valence-corrected chi connectivity index (χ0v) is 10.3. The van der Waals surface area contributed by atoms with Gasteiger partial charge in [0, 0.05) is 0 Å². The lowest BCUT2D eigenvalue weighted by molar-refractivity contribution is 0.414. The third-order valence-electron chi connectivity index (χ3n) is 1.96. The van der Waals surface area contributed by atoms with Gasteiger partial charge in [-0.15, -0.1) is 5.10 Å². The SMILES string of the molecule is COc1ccc(-n2c(Br)n[nH]c2=S)cc1. The number of nitrogens with one attached hydrogen (secondary N) is 1. The number of ether oxygens (including phenoxy) is 1. The summed E-state index contributed by atoms with van der Waals surface area (Å²) in [5.41, 5.74) is 0.932. The van der Waals surface area contributed by atoms with Gasteiger partial charge >= 0.3 is 0 Å². The largest absolute Gasteiger partial charge is 0.497 e. The smallest absolute Gasteiger partial charge is 0.203 e. The lowest BCUT2D eigenvalue weighted by Gasteiger charge is -2.04. The molecule has 0 unspecified atom stereocenters. The molecule has 4 nitrogen and oxygen atoms in total. The molecular weight excluding hydrogens is 278 g/mol. The van der Waals surface area contributed by atoms with Crippen molar-refractivity contribution in [2.75, 3.05) is 7.11 Å². The van der Waals surface area contributed by atoms with Gasteiger partial charge in [-0.25, -0.2) is 0 Å². The number of nitrogens with zero attached hydrogens (tertiary/aromatic N) is 2. The van der Waals surface area contributed by atoms with Crippen LogP contribution in [-0.2, 0) is 0 Å². The molecule has 2 rings (SSSR count). The first-order valence-corrected chi connectivity index (χ1v) is 5.40. The van der Waals surface area contributed by atoms with E-state index in [-0.39, 0.29) is 0 Å². The third kappa shape index (κ3) is 1.95. The van der Waals surface area contributed by atoms with Crippen LogP contribution in [0.5, 0.6) is 5.75 Å². The molecule has 0 radical (unpaired) electrons. The fourth-order valence-corrected chi connectivity index (χ4v) is 2.06. The summed E-state index contributed by atoms with van der Waals surface area (Å²) >= 11 is 8.41. The molecule has 0 saturated heterocycles. The number of halogens is 1. The third-order valence-corrected chi connectivity index (χ3v) is 2.77. The quantitative estimate of drug-likeness (QED) is 0.863. The van der Waals surface area contributed by atoms with Crippen LogP contribution in [0.25, 0.3) is 5.69 Å². The Kier molecular flexibility index (Phi) is 2.88. The van der Waals surface area contributed by atoms with E-state index in [4.69, 9.17) is 17.0 Å². The molecule has 0 bridgehead atoms. The average Bonchev–Trinajstić information content (AvgIpc) is 2.59. The number of hydrogen-bond donors (Lipinski definition) is 1. The molecule has 0 atom stereocenters. The Morgan fingerprint density at radius 1 is 1.40 bits per heavy atom. The summed E-state index contributed by atoms with van der Waals surface area (Å²) in [5.74, 6) is 0.810. The van der Waals surface area contributed by atoms with Crippen molar-refractivity contribution in [1.29, 1.82) is 0 Å². The van der Waals surface area contributed by atoms with Gasteiger partial charge in [-0.3, -0.25) is 9.67 Å². The van der Waals surface area contributed by atoms with E-state index >= 15 is 0 Å². The fraction of sp³-hybridized carbons (Fsp3) is 0.111. The summed E-state index contributed by atoms with van der Waals surface area (Å²) in [7, 11) is 1.63. The predicted octanol–water partition coefficient (Wildman–Crippen LogP) is 2.70. The van der Waals surface area contributed by atoms with Crippen molar-refractivity contribution in [2.24, 2.45) is 0 Å². The maximum absolute atomic E-state index is 5.10. The highest BCUT2D eigenvalue weighted by Crippen LogP contribution is 2.18. The van der Waals surface area contributed by atoms with Crippen molar-refractivity contribution in [1.82, 2.24) is 14.8 Å². The predicted molar refractivity (Wildman–Crippen MR) is 63.0 cm³/mol. The molecule has 0 aliphatic rings. The first-order valence-electron chi connectivity index (χ1n) is 4.19. The van der Waals surface area contributed by atoms with Gasteiger partial charge in [0.15, 0.2) is 0 Å². The molecule has 78 valence electrons. The summed E-state index contributed by atoms with van der Waals surface area (Å²) in [6.07, 6.45) is 0. The van der Waals surface area contributed by atoms with Gasteiger partial charge in [0.05, 0.1) is 12.8 Å². The van der Waals surface area contributed by atoms with E-state index in [0.717, 1.165) is 11.4 Å². The summed E-state index contributed by atoms with van der Waals surface area (Å²) in [4.78, 5) is 0. The van der Waals surface area contributed by atoms with Crippen LogP contribution >= 0.6 is 28.1 Å². The molecule has 0 fully saturated rings. The number of H-pyrrole nitrogens is 1. The summed E-state index contributed by atoms with van der Waals surface area (Å²) in [6.45, 7) is 0. The van der Waals surface area contributed by atoms with Crippen LogP contribution in [-0.4, -0.2) is 21.9 Å². The molecule has 2 aromatic rings. The van der Waals surface area contributed by atoms with Gasteiger partial charge in [-0.05, 0) is 52.4 Å². The van der Waals surface area contributed by atoms with Gasteiger partial charge in [0.1, 0.15) is 5.75 Å². The van der Waals surface area contributed by atoms with Crippen molar-refractivity contribution in [3.8, 4) is 11.4 Å². The highest BCUT2D eigenvalue weighted by Gasteiger charge is 2.04. The van der Waals surface area contributed by atoms with Gasteiger partial charge in [0.25, 0.3) is 0 Å². The molecule has 0 saturated carbocycles. The van der Waals surface area contributed by atoms with E-state index in [1.54, 1.807) is 11.7 Å². The van der Waals surface area contributed by atoms with Crippen LogP contribution in [0.3, 0.4) is 0 Å². The second-order valence-electron chi connectivity index (χ2n) is 2.83. The number of benzene rings is 1. The normalized spacial score (nSPS) is 10.3. The topological polar surface area (TPSA) is 42.8 Å². The molecule has 1 N–H and O–H groups in total. The van der Waals surface area contributed by atoms with Gasteiger partial charge in [0.2, 0.25) is 9.50 Å². The summed E-state index contributed by atoms with van der Waals surface area (Å²) < 4.78 is 8.06. The van der Waals surface area contributed by atoms with Crippen LogP contribution in [0.4, 0.5) is 0 Å². The van der Waals surface area contributed by atoms with Crippen LogP contribution in [0, 0.1) is 4.77 Å². The Hall–Kier alpha value is -1.14. The Bertz CT molecular complexity index is 517. The lowest BCUT2D eigenvalue weighted by Crippen LogP contribution is -1.94.